The van der Waals surface area contributed by atoms with Crippen molar-refractivity contribution in [1.82, 2.24) is 4.98 Å². The summed E-state index contributed by atoms with van der Waals surface area (Å²) in [6.07, 6.45) is 2.17. The Balaban J connectivity index is 1.61. The first-order valence-electron chi connectivity index (χ1n) is 7.45. The highest BCUT2D eigenvalue weighted by Gasteiger charge is 2.19. The Bertz CT molecular complexity index is 573. The van der Waals surface area contributed by atoms with Gasteiger partial charge in [0.15, 0.2) is 0 Å². The molecule has 0 radical (unpaired) electrons. The van der Waals surface area contributed by atoms with Crippen LogP contribution in [0.25, 0.3) is 10.9 Å². The molecule has 1 aromatic carbocycles. The van der Waals surface area contributed by atoms with Crippen molar-refractivity contribution in [2.24, 2.45) is 0 Å². The third-order valence-corrected chi connectivity index (χ3v) is 4.02. The molecule has 1 fully saturated rings. The maximum atomic E-state index is 10.1. The summed E-state index contributed by atoms with van der Waals surface area (Å²) < 4.78 is 5.82. The van der Waals surface area contributed by atoms with Gasteiger partial charge in [0.1, 0.15) is 25.0 Å². The van der Waals surface area contributed by atoms with Gasteiger partial charge in [0, 0.05) is 29.4 Å². The van der Waals surface area contributed by atoms with Crippen LogP contribution >= 0.6 is 0 Å². The molecule has 1 saturated heterocycles. The molecule has 3 N–H and O–H groups in total. The standard InChI is InChI=1S/C16H22N2O2/c1-12-9-14-15(17-12)5-4-6-16(14)20-11-13(19)10-18-7-2-3-8-18/h4-6,9,13,17,19H,2-3,7-8,10-11H2,1H3/p+1/t13-/m0/s1. The molecule has 0 bridgehead atoms. The van der Waals surface area contributed by atoms with E-state index in [-0.39, 0.29) is 0 Å². The lowest BCUT2D eigenvalue weighted by Gasteiger charge is -2.17. The highest BCUT2D eigenvalue weighted by atomic mass is 16.5. The van der Waals surface area contributed by atoms with E-state index < -0.39 is 6.10 Å². The Morgan fingerprint density at radius 1 is 1.35 bits per heavy atom. The second-order valence-corrected chi connectivity index (χ2v) is 5.80. The molecule has 4 heteroatoms. The van der Waals surface area contributed by atoms with Gasteiger partial charge < -0.3 is 19.7 Å². The number of quaternary nitrogens is 1. The molecular weight excluding hydrogens is 252 g/mol. The number of benzene rings is 1. The van der Waals surface area contributed by atoms with E-state index in [4.69, 9.17) is 4.74 Å². The average Bonchev–Trinajstić information content (AvgIpc) is 3.04. The molecule has 0 spiro atoms. The SMILES string of the molecule is Cc1cc2c(OC[C@@H](O)C[NH+]3CCCC3)cccc2[nH]1. The van der Waals surface area contributed by atoms with Gasteiger partial charge >= 0.3 is 0 Å². The number of H-pyrrole nitrogens is 1. The number of fused-ring (bicyclic) bond motifs is 1. The summed E-state index contributed by atoms with van der Waals surface area (Å²) in [6.45, 7) is 5.57. The van der Waals surface area contributed by atoms with E-state index in [1.54, 1.807) is 0 Å². The normalized spacial score (nSPS) is 17.7. The number of hydrogen-bond acceptors (Lipinski definition) is 2. The van der Waals surface area contributed by atoms with E-state index in [9.17, 15) is 5.11 Å². The van der Waals surface area contributed by atoms with E-state index in [1.807, 2.05) is 25.1 Å². The largest absolute Gasteiger partial charge is 0.490 e. The van der Waals surface area contributed by atoms with Crippen molar-refractivity contribution in [1.29, 1.82) is 0 Å². The summed E-state index contributed by atoms with van der Waals surface area (Å²) in [5.41, 5.74) is 2.21. The maximum absolute atomic E-state index is 10.1. The van der Waals surface area contributed by atoms with Gasteiger partial charge in [-0.2, -0.15) is 0 Å². The number of aryl methyl sites for hydroxylation is 1. The van der Waals surface area contributed by atoms with Gasteiger partial charge in [-0.3, -0.25) is 0 Å². The molecule has 0 aliphatic carbocycles. The molecule has 2 heterocycles. The Kier molecular flexibility index (Phi) is 3.94. The minimum absolute atomic E-state index is 0.368. The van der Waals surface area contributed by atoms with Gasteiger partial charge in [-0.15, -0.1) is 0 Å². The lowest BCUT2D eigenvalue weighted by molar-refractivity contribution is -0.890. The summed E-state index contributed by atoms with van der Waals surface area (Å²) in [7, 11) is 0. The van der Waals surface area contributed by atoms with Crippen LogP contribution in [0.4, 0.5) is 0 Å². The molecule has 3 rings (SSSR count). The van der Waals surface area contributed by atoms with Crippen LogP contribution in [0, 0.1) is 6.92 Å². The average molecular weight is 275 g/mol. The van der Waals surface area contributed by atoms with Crippen LogP contribution < -0.4 is 9.64 Å². The Morgan fingerprint density at radius 2 is 2.15 bits per heavy atom. The summed E-state index contributed by atoms with van der Waals surface area (Å²) in [5.74, 6) is 0.849. The number of nitrogens with one attached hydrogen (secondary N) is 2. The summed E-state index contributed by atoms with van der Waals surface area (Å²) in [4.78, 5) is 4.80. The molecule has 0 unspecified atom stereocenters. The van der Waals surface area contributed by atoms with Crippen molar-refractivity contribution >= 4 is 10.9 Å². The van der Waals surface area contributed by atoms with E-state index in [0.717, 1.165) is 28.9 Å². The number of rotatable bonds is 5. The van der Waals surface area contributed by atoms with Crippen molar-refractivity contribution in [3.05, 3.63) is 30.0 Å². The zero-order valence-corrected chi connectivity index (χ0v) is 12.0. The van der Waals surface area contributed by atoms with Crippen LogP contribution in [-0.2, 0) is 0 Å². The van der Waals surface area contributed by atoms with Gasteiger partial charge in [-0.25, -0.2) is 0 Å². The van der Waals surface area contributed by atoms with Crippen LogP contribution in [0.5, 0.6) is 5.75 Å². The zero-order chi connectivity index (χ0) is 13.9. The minimum Gasteiger partial charge on any atom is -0.490 e. The number of likely N-dealkylation sites (tertiary alicyclic amines) is 1. The smallest absolute Gasteiger partial charge is 0.137 e. The number of hydrogen-bond donors (Lipinski definition) is 3. The number of ether oxygens (including phenoxy) is 1. The van der Waals surface area contributed by atoms with Crippen molar-refractivity contribution in [2.75, 3.05) is 26.2 Å². The van der Waals surface area contributed by atoms with Gasteiger partial charge in [-0.1, -0.05) is 6.07 Å². The van der Waals surface area contributed by atoms with E-state index in [0.29, 0.717) is 6.61 Å². The second kappa shape index (κ2) is 5.85. The zero-order valence-electron chi connectivity index (χ0n) is 12.0. The van der Waals surface area contributed by atoms with Crippen molar-refractivity contribution in [3.8, 4) is 5.75 Å². The molecule has 108 valence electrons. The van der Waals surface area contributed by atoms with Crippen LogP contribution in [0.1, 0.15) is 18.5 Å². The second-order valence-electron chi connectivity index (χ2n) is 5.80. The third kappa shape index (κ3) is 2.97. The topological polar surface area (TPSA) is 49.7 Å². The van der Waals surface area contributed by atoms with E-state index in [2.05, 4.69) is 11.1 Å². The molecule has 20 heavy (non-hydrogen) atoms. The highest BCUT2D eigenvalue weighted by molar-refractivity contribution is 5.86. The van der Waals surface area contributed by atoms with Crippen LogP contribution in [-0.4, -0.2) is 42.4 Å². The first-order valence-corrected chi connectivity index (χ1v) is 7.45. The predicted octanol–water partition coefficient (Wildman–Crippen LogP) is 0.895. The minimum atomic E-state index is -0.390. The monoisotopic (exact) mass is 275 g/mol. The molecule has 0 amide bonds. The molecule has 1 atom stereocenters. The fourth-order valence-electron chi connectivity index (χ4n) is 3.05. The number of aromatic amines is 1. The Labute approximate surface area is 119 Å². The molecule has 2 aromatic rings. The van der Waals surface area contributed by atoms with E-state index >= 15 is 0 Å². The van der Waals surface area contributed by atoms with Crippen LogP contribution in [0.2, 0.25) is 0 Å². The summed E-state index contributed by atoms with van der Waals surface area (Å²) in [5, 5.41) is 11.2. The Morgan fingerprint density at radius 3 is 2.95 bits per heavy atom. The lowest BCUT2D eigenvalue weighted by atomic mass is 10.2. The van der Waals surface area contributed by atoms with Gasteiger partial charge in [0.25, 0.3) is 0 Å². The van der Waals surface area contributed by atoms with Crippen molar-refractivity contribution < 1.29 is 14.7 Å². The third-order valence-electron chi connectivity index (χ3n) is 4.02. The van der Waals surface area contributed by atoms with Crippen LogP contribution in [0.15, 0.2) is 24.3 Å². The quantitative estimate of drug-likeness (QED) is 0.759. The Hall–Kier alpha value is -1.52. The fourth-order valence-corrected chi connectivity index (χ4v) is 3.05. The number of aliphatic hydroxyl groups is 1. The van der Waals surface area contributed by atoms with Gasteiger partial charge in [0.05, 0.1) is 13.1 Å². The summed E-state index contributed by atoms with van der Waals surface area (Å²) in [6, 6.07) is 8.07. The lowest BCUT2D eigenvalue weighted by Crippen LogP contribution is -3.11. The molecule has 1 aliphatic heterocycles. The number of aromatic nitrogens is 1. The predicted molar refractivity (Wildman–Crippen MR) is 79.3 cm³/mol. The molecule has 0 saturated carbocycles. The first-order chi connectivity index (χ1) is 9.72. The van der Waals surface area contributed by atoms with Crippen LogP contribution in [0.3, 0.4) is 0 Å². The fraction of sp³-hybridized carbons (Fsp3) is 0.500. The first kappa shape index (κ1) is 13.5. The van der Waals surface area contributed by atoms with Gasteiger partial charge in [0.2, 0.25) is 0 Å². The van der Waals surface area contributed by atoms with Crippen molar-refractivity contribution in [2.45, 2.75) is 25.9 Å². The summed E-state index contributed by atoms with van der Waals surface area (Å²) >= 11 is 0. The molecule has 4 nitrogen and oxygen atoms in total. The highest BCUT2D eigenvalue weighted by Crippen LogP contribution is 2.26. The van der Waals surface area contributed by atoms with E-state index in [1.165, 1.54) is 30.8 Å². The number of aliphatic hydroxyl groups excluding tert-OH is 1. The molecular formula is C16H23N2O2+. The molecule has 1 aliphatic rings. The maximum Gasteiger partial charge on any atom is 0.137 e. The van der Waals surface area contributed by atoms with Crippen molar-refractivity contribution in [3.63, 3.8) is 0 Å². The van der Waals surface area contributed by atoms with Gasteiger partial charge in [-0.05, 0) is 25.1 Å². The molecule has 1 aromatic heterocycles.